The Morgan fingerprint density at radius 1 is 1.25 bits per heavy atom. The minimum Gasteiger partial charge on any atom is -0.314 e. The number of hydrogen-bond acceptors (Lipinski definition) is 2. The number of hydroxylamine groups is 2. The van der Waals surface area contributed by atoms with E-state index in [1.165, 1.54) is 5.06 Å². The molecule has 0 amide bonds. The number of hydrogen-bond donors (Lipinski definition) is 1. The van der Waals surface area contributed by atoms with Gasteiger partial charge in [-0.05, 0) is 12.8 Å². The summed E-state index contributed by atoms with van der Waals surface area (Å²) in [5, 5.41) is 10.1. The molecule has 1 N–H and O–H groups in total. The van der Waals surface area contributed by atoms with Crippen molar-refractivity contribution in [2.45, 2.75) is 26.8 Å². The molecule has 0 saturated heterocycles. The van der Waals surface area contributed by atoms with E-state index in [-0.39, 0.29) is 6.04 Å². The van der Waals surface area contributed by atoms with E-state index in [0.29, 0.717) is 5.92 Å². The standard InChI is InChI=1S/C6H15NO/c1-5(2)6(3)7(4)8/h5-6,8H,1-4H3. The maximum atomic E-state index is 8.82. The van der Waals surface area contributed by atoms with Gasteiger partial charge in [0.15, 0.2) is 0 Å². The first kappa shape index (κ1) is 7.92. The van der Waals surface area contributed by atoms with E-state index >= 15 is 0 Å². The van der Waals surface area contributed by atoms with Gasteiger partial charge in [0.1, 0.15) is 0 Å². The third-order valence-electron chi connectivity index (χ3n) is 1.55. The summed E-state index contributed by atoms with van der Waals surface area (Å²) in [6, 6.07) is 0.259. The fraction of sp³-hybridized carbons (Fsp3) is 1.00. The maximum absolute atomic E-state index is 8.82. The summed E-state index contributed by atoms with van der Waals surface area (Å²) in [5.41, 5.74) is 0. The average Bonchev–Trinajstić information content (AvgIpc) is 1.64. The molecule has 2 nitrogen and oxygen atoms in total. The zero-order chi connectivity index (χ0) is 6.73. The molecule has 0 aromatic heterocycles. The van der Waals surface area contributed by atoms with Gasteiger partial charge in [-0.1, -0.05) is 13.8 Å². The van der Waals surface area contributed by atoms with Crippen LogP contribution in [0.1, 0.15) is 20.8 Å². The van der Waals surface area contributed by atoms with Crippen LogP contribution < -0.4 is 0 Å². The molecule has 0 aromatic rings. The second-order valence-corrected chi connectivity index (χ2v) is 2.56. The fourth-order valence-corrected chi connectivity index (χ4v) is 0.431. The van der Waals surface area contributed by atoms with Gasteiger partial charge in [-0.25, -0.2) is 0 Å². The Bertz CT molecular complexity index is 53.5. The van der Waals surface area contributed by atoms with E-state index in [4.69, 9.17) is 5.21 Å². The molecule has 0 bridgehead atoms. The minimum atomic E-state index is 0.259. The average molecular weight is 117 g/mol. The van der Waals surface area contributed by atoms with Crippen LogP contribution in [0.2, 0.25) is 0 Å². The van der Waals surface area contributed by atoms with E-state index in [2.05, 4.69) is 13.8 Å². The summed E-state index contributed by atoms with van der Waals surface area (Å²) in [6.07, 6.45) is 0. The van der Waals surface area contributed by atoms with E-state index in [9.17, 15) is 0 Å². The van der Waals surface area contributed by atoms with Crippen LogP contribution >= 0.6 is 0 Å². The highest BCUT2D eigenvalue weighted by Gasteiger charge is 2.09. The lowest BCUT2D eigenvalue weighted by atomic mass is 10.1. The fourth-order valence-electron chi connectivity index (χ4n) is 0.431. The molecule has 0 aliphatic heterocycles. The Morgan fingerprint density at radius 3 is 1.62 bits per heavy atom. The molecule has 0 aromatic carbocycles. The Kier molecular flexibility index (Phi) is 3.02. The van der Waals surface area contributed by atoms with E-state index in [1.807, 2.05) is 6.92 Å². The normalized spacial score (nSPS) is 15.4. The Hall–Kier alpha value is -0.0800. The number of nitrogens with zero attached hydrogens (tertiary/aromatic N) is 1. The second kappa shape index (κ2) is 3.05. The van der Waals surface area contributed by atoms with E-state index in [1.54, 1.807) is 7.05 Å². The molecule has 1 unspecified atom stereocenters. The predicted molar refractivity (Wildman–Crippen MR) is 33.8 cm³/mol. The summed E-state index contributed by atoms with van der Waals surface area (Å²) in [7, 11) is 1.67. The first-order valence-electron chi connectivity index (χ1n) is 2.97. The Labute approximate surface area is 51.1 Å². The molecule has 8 heavy (non-hydrogen) atoms. The van der Waals surface area contributed by atoms with Gasteiger partial charge in [0.05, 0.1) is 0 Å². The van der Waals surface area contributed by atoms with Crippen LogP contribution in [-0.2, 0) is 0 Å². The molecule has 0 rings (SSSR count). The first-order chi connectivity index (χ1) is 3.55. The molecule has 0 fully saturated rings. The van der Waals surface area contributed by atoms with E-state index < -0.39 is 0 Å². The van der Waals surface area contributed by atoms with Gasteiger partial charge in [-0.2, -0.15) is 5.06 Å². The molecule has 0 radical (unpaired) electrons. The molecule has 1 atom stereocenters. The zero-order valence-corrected chi connectivity index (χ0v) is 6.05. The van der Waals surface area contributed by atoms with Crippen LogP contribution in [0.5, 0.6) is 0 Å². The lowest BCUT2D eigenvalue weighted by Crippen LogP contribution is -2.29. The van der Waals surface area contributed by atoms with Crippen LogP contribution in [0.15, 0.2) is 0 Å². The van der Waals surface area contributed by atoms with Crippen molar-refractivity contribution in [1.82, 2.24) is 5.06 Å². The third kappa shape index (κ3) is 2.28. The lowest BCUT2D eigenvalue weighted by molar-refractivity contribution is -0.109. The lowest BCUT2D eigenvalue weighted by Gasteiger charge is -2.20. The summed E-state index contributed by atoms with van der Waals surface area (Å²) >= 11 is 0. The topological polar surface area (TPSA) is 23.5 Å². The largest absolute Gasteiger partial charge is 0.314 e. The first-order valence-corrected chi connectivity index (χ1v) is 2.97. The number of rotatable bonds is 2. The van der Waals surface area contributed by atoms with Gasteiger partial charge in [-0.3, -0.25) is 0 Å². The van der Waals surface area contributed by atoms with Crippen molar-refractivity contribution in [3.63, 3.8) is 0 Å². The molecule has 2 heteroatoms. The van der Waals surface area contributed by atoms with Crippen LogP contribution in [0, 0.1) is 5.92 Å². The van der Waals surface area contributed by atoms with Gasteiger partial charge >= 0.3 is 0 Å². The second-order valence-electron chi connectivity index (χ2n) is 2.56. The molecule has 0 saturated carbocycles. The van der Waals surface area contributed by atoms with Crippen LogP contribution in [0.3, 0.4) is 0 Å². The van der Waals surface area contributed by atoms with Crippen molar-refractivity contribution in [3.8, 4) is 0 Å². The van der Waals surface area contributed by atoms with Crippen molar-refractivity contribution in [2.75, 3.05) is 7.05 Å². The highest BCUT2D eigenvalue weighted by Crippen LogP contribution is 2.04. The van der Waals surface area contributed by atoms with Crippen LogP contribution in [0.25, 0.3) is 0 Å². The van der Waals surface area contributed by atoms with Crippen molar-refractivity contribution in [2.24, 2.45) is 5.92 Å². The van der Waals surface area contributed by atoms with Gasteiger partial charge in [0, 0.05) is 13.1 Å². The Morgan fingerprint density at radius 2 is 1.62 bits per heavy atom. The van der Waals surface area contributed by atoms with Crippen LogP contribution in [-0.4, -0.2) is 23.4 Å². The summed E-state index contributed by atoms with van der Waals surface area (Å²) in [4.78, 5) is 0. The van der Waals surface area contributed by atoms with Gasteiger partial charge in [0.2, 0.25) is 0 Å². The highest BCUT2D eigenvalue weighted by atomic mass is 16.5. The minimum absolute atomic E-state index is 0.259. The Balaban J connectivity index is 3.46. The summed E-state index contributed by atoms with van der Waals surface area (Å²) < 4.78 is 0. The van der Waals surface area contributed by atoms with E-state index in [0.717, 1.165) is 0 Å². The highest BCUT2D eigenvalue weighted by molar-refractivity contribution is 4.58. The predicted octanol–water partition coefficient (Wildman–Crippen LogP) is 1.35. The van der Waals surface area contributed by atoms with Gasteiger partial charge < -0.3 is 5.21 Å². The monoisotopic (exact) mass is 117 g/mol. The molecule has 0 heterocycles. The van der Waals surface area contributed by atoms with Crippen LogP contribution in [0.4, 0.5) is 0 Å². The quantitative estimate of drug-likeness (QED) is 0.552. The zero-order valence-electron chi connectivity index (χ0n) is 6.05. The summed E-state index contributed by atoms with van der Waals surface area (Å²) in [6.45, 7) is 6.15. The maximum Gasteiger partial charge on any atom is 0.0341 e. The SMILES string of the molecule is CC(C)C(C)N(C)O. The van der Waals surface area contributed by atoms with Crippen molar-refractivity contribution in [3.05, 3.63) is 0 Å². The van der Waals surface area contributed by atoms with Crippen molar-refractivity contribution < 1.29 is 5.21 Å². The van der Waals surface area contributed by atoms with Gasteiger partial charge in [0.25, 0.3) is 0 Å². The molecular formula is C6H15NO. The molecule has 0 aliphatic carbocycles. The molecular weight excluding hydrogens is 102 g/mol. The van der Waals surface area contributed by atoms with Crippen molar-refractivity contribution in [1.29, 1.82) is 0 Å². The van der Waals surface area contributed by atoms with Gasteiger partial charge in [-0.15, -0.1) is 0 Å². The summed E-state index contributed by atoms with van der Waals surface area (Å²) in [5.74, 6) is 0.519. The third-order valence-corrected chi connectivity index (χ3v) is 1.55. The molecule has 0 aliphatic rings. The molecule has 0 spiro atoms. The molecule has 50 valence electrons. The van der Waals surface area contributed by atoms with Crippen molar-refractivity contribution >= 4 is 0 Å². The smallest absolute Gasteiger partial charge is 0.0341 e.